The number of amides is 3. The maximum Gasteiger partial charge on any atom is 0.404 e. The second-order valence-electron chi connectivity index (χ2n) is 7.05. The van der Waals surface area contributed by atoms with Crippen LogP contribution in [0.5, 0.6) is 5.75 Å². The maximum absolute atomic E-state index is 13.0. The van der Waals surface area contributed by atoms with Crippen LogP contribution in [-0.2, 0) is 19.1 Å². The number of β-lactam (4-membered cyclic amide) rings is 1. The van der Waals surface area contributed by atoms with Crippen molar-refractivity contribution >= 4 is 41.4 Å². The smallest absolute Gasteiger partial charge is 0.404 e. The van der Waals surface area contributed by atoms with Gasteiger partial charge in [-0.2, -0.15) is 0 Å². The highest BCUT2D eigenvalue weighted by Crippen LogP contribution is 2.40. The molecule has 2 aliphatic rings. The third kappa shape index (κ3) is 4.59. The number of benzene rings is 1. The van der Waals surface area contributed by atoms with Crippen LogP contribution >= 0.6 is 11.8 Å². The number of rotatable bonds is 8. The van der Waals surface area contributed by atoms with E-state index in [0.29, 0.717) is 5.75 Å². The highest BCUT2D eigenvalue weighted by atomic mass is 32.2. The molecule has 0 radical (unpaired) electrons. The first-order valence-corrected chi connectivity index (χ1v) is 10.9. The number of aliphatic carboxylic acids is 1. The number of primary amides is 1. The zero-order valence-electron chi connectivity index (χ0n) is 17.4. The lowest BCUT2D eigenvalue weighted by Crippen LogP contribution is -2.71. The number of para-hydroxylation sites is 1. The summed E-state index contributed by atoms with van der Waals surface area (Å²) in [5, 5.41) is 15.4. The summed E-state index contributed by atoms with van der Waals surface area (Å²) in [5.74, 6) is -2.08. The topological polar surface area (TPSA) is 174 Å². The summed E-state index contributed by atoms with van der Waals surface area (Å²) in [6, 6.07) is 10.6. The van der Waals surface area contributed by atoms with E-state index < -0.39 is 35.3 Å². The number of furan rings is 1. The molecule has 0 aliphatic carbocycles. The molecule has 4 rings (SSSR count). The van der Waals surface area contributed by atoms with Crippen molar-refractivity contribution < 1.29 is 38.3 Å². The van der Waals surface area contributed by atoms with Gasteiger partial charge in [0, 0.05) is 11.3 Å². The Morgan fingerprint density at radius 2 is 2.00 bits per heavy atom. The number of hydrogen-bond donors (Lipinski definition) is 3. The average Bonchev–Trinajstić information content (AvgIpc) is 3.35. The average molecular weight is 486 g/mol. The molecule has 3 heterocycles. The molecule has 1 saturated heterocycles. The largest absolute Gasteiger partial charge is 0.477 e. The standard InChI is InChI=1S/C21H18N4O8S/c22-21(30)32-9-11-10-34-19-15(18(27)25(19)16(11)20(28)29)23-17(26)14(13-7-4-8-31-13)24-33-12-5-2-1-3-6-12/h1-8,15,19H,9-10H2,(H2,22,30)(H,23,26)(H,28,29)/t15-,19-/m1/s1. The zero-order chi connectivity index (χ0) is 24.2. The van der Waals surface area contributed by atoms with Crippen LogP contribution in [-0.4, -0.2) is 63.4 Å². The van der Waals surface area contributed by atoms with E-state index in [1.54, 1.807) is 36.4 Å². The lowest BCUT2D eigenvalue weighted by atomic mass is 10.0. The van der Waals surface area contributed by atoms with Crippen LogP contribution < -0.4 is 15.9 Å². The number of carboxylic acid groups (broad SMARTS) is 1. The SMILES string of the molecule is NC(=O)OCC1=C(C(=O)O)N2C(=O)[C@@H](NC(=O)C(=NOc3ccccc3)c3ccco3)[C@H]2SC1. The lowest BCUT2D eigenvalue weighted by molar-refractivity contribution is -0.150. The van der Waals surface area contributed by atoms with Crippen molar-refractivity contribution in [3.63, 3.8) is 0 Å². The quantitative estimate of drug-likeness (QED) is 0.278. The second-order valence-corrected chi connectivity index (χ2v) is 8.15. The van der Waals surface area contributed by atoms with Gasteiger partial charge in [0.2, 0.25) is 5.71 Å². The Balaban J connectivity index is 1.51. The number of nitrogens with zero attached hydrogens (tertiary/aromatic N) is 2. The Kier molecular flexibility index (Phi) is 6.54. The minimum Gasteiger partial charge on any atom is -0.477 e. The Hall–Kier alpha value is -4.26. The van der Waals surface area contributed by atoms with Crippen molar-refractivity contribution in [2.24, 2.45) is 10.9 Å². The Bertz CT molecular complexity index is 1180. The van der Waals surface area contributed by atoms with E-state index in [4.69, 9.17) is 15.0 Å². The Morgan fingerprint density at radius 3 is 2.65 bits per heavy atom. The molecule has 2 aliphatic heterocycles. The van der Waals surface area contributed by atoms with Gasteiger partial charge < -0.3 is 30.1 Å². The molecule has 1 aromatic heterocycles. The first-order valence-electron chi connectivity index (χ1n) is 9.84. The van der Waals surface area contributed by atoms with Crippen molar-refractivity contribution in [1.29, 1.82) is 0 Å². The number of carbonyl (C=O) groups is 4. The fourth-order valence-electron chi connectivity index (χ4n) is 3.35. The predicted octanol–water partition coefficient (Wildman–Crippen LogP) is 0.897. The summed E-state index contributed by atoms with van der Waals surface area (Å²) in [4.78, 5) is 54.8. The summed E-state index contributed by atoms with van der Waals surface area (Å²) >= 11 is 1.21. The number of nitrogens with one attached hydrogen (secondary N) is 1. The minimum atomic E-state index is -1.36. The summed E-state index contributed by atoms with van der Waals surface area (Å²) in [6.45, 7) is -0.358. The molecular weight excluding hydrogens is 468 g/mol. The summed E-state index contributed by atoms with van der Waals surface area (Å²) in [5.41, 5.74) is 4.67. The molecule has 12 nitrogen and oxygen atoms in total. The number of fused-ring (bicyclic) bond motifs is 1. The highest BCUT2D eigenvalue weighted by molar-refractivity contribution is 8.00. The number of carbonyl (C=O) groups excluding carboxylic acids is 3. The molecule has 0 spiro atoms. The van der Waals surface area contributed by atoms with Crippen molar-refractivity contribution in [2.75, 3.05) is 12.4 Å². The van der Waals surface area contributed by atoms with Gasteiger partial charge in [0.15, 0.2) is 11.5 Å². The second kappa shape index (κ2) is 9.70. The monoisotopic (exact) mass is 486 g/mol. The van der Waals surface area contributed by atoms with Gasteiger partial charge in [-0.15, -0.1) is 11.8 Å². The highest BCUT2D eigenvalue weighted by Gasteiger charge is 2.54. The van der Waals surface area contributed by atoms with Gasteiger partial charge in [-0.05, 0) is 24.3 Å². The van der Waals surface area contributed by atoms with Crippen LogP contribution in [0.25, 0.3) is 0 Å². The number of ether oxygens (including phenoxy) is 1. The summed E-state index contributed by atoms with van der Waals surface area (Å²) in [7, 11) is 0. The number of carboxylic acids is 1. The van der Waals surface area contributed by atoms with E-state index in [1.165, 1.54) is 24.1 Å². The lowest BCUT2D eigenvalue weighted by Gasteiger charge is -2.49. The molecule has 0 bridgehead atoms. The van der Waals surface area contributed by atoms with Crippen LogP contribution in [0.4, 0.5) is 4.79 Å². The van der Waals surface area contributed by atoms with Gasteiger partial charge in [0.05, 0.1) is 6.26 Å². The number of nitrogens with two attached hydrogens (primary N) is 1. The van der Waals surface area contributed by atoms with Crippen molar-refractivity contribution in [3.05, 3.63) is 65.8 Å². The van der Waals surface area contributed by atoms with Gasteiger partial charge in [-0.3, -0.25) is 14.5 Å². The van der Waals surface area contributed by atoms with E-state index in [0.717, 1.165) is 4.90 Å². The predicted molar refractivity (Wildman–Crippen MR) is 118 cm³/mol. The van der Waals surface area contributed by atoms with Gasteiger partial charge in [-0.25, -0.2) is 9.59 Å². The molecule has 1 aromatic carbocycles. The molecule has 2 aromatic rings. The third-order valence-corrected chi connectivity index (χ3v) is 6.22. The van der Waals surface area contributed by atoms with Crippen LogP contribution in [0.3, 0.4) is 0 Å². The van der Waals surface area contributed by atoms with Gasteiger partial charge >= 0.3 is 12.1 Å². The molecular formula is C21H18N4O8S. The van der Waals surface area contributed by atoms with Gasteiger partial charge in [0.25, 0.3) is 11.8 Å². The maximum atomic E-state index is 13.0. The molecule has 1 fully saturated rings. The van der Waals surface area contributed by atoms with Crippen molar-refractivity contribution in [3.8, 4) is 5.75 Å². The molecule has 0 saturated carbocycles. The number of hydrogen-bond acceptors (Lipinski definition) is 9. The van der Waals surface area contributed by atoms with Crippen LogP contribution in [0.1, 0.15) is 5.76 Å². The van der Waals surface area contributed by atoms with Crippen LogP contribution in [0.15, 0.2) is 69.6 Å². The first kappa shape index (κ1) is 22.9. The summed E-state index contributed by atoms with van der Waals surface area (Å²) < 4.78 is 9.96. The van der Waals surface area contributed by atoms with Crippen molar-refractivity contribution in [2.45, 2.75) is 11.4 Å². The van der Waals surface area contributed by atoms with E-state index >= 15 is 0 Å². The molecule has 4 N–H and O–H groups in total. The molecule has 34 heavy (non-hydrogen) atoms. The summed E-state index contributed by atoms with van der Waals surface area (Å²) in [6.07, 6.45) is 0.292. The van der Waals surface area contributed by atoms with Gasteiger partial charge in [0.1, 0.15) is 23.7 Å². The Morgan fingerprint density at radius 1 is 1.24 bits per heavy atom. The van der Waals surface area contributed by atoms with E-state index in [2.05, 4.69) is 15.2 Å². The van der Waals surface area contributed by atoms with E-state index in [-0.39, 0.29) is 35.1 Å². The third-order valence-electron chi connectivity index (χ3n) is 4.88. The fraction of sp³-hybridized carbons (Fsp3) is 0.190. The van der Waals surface area contributed by atoms with Crippen LogP contribution in [0, 0.1) is 0 Å². The van der Waals surface area contributed by atoms with E-state index in [1.807, 2.05) is 0 Å². The number of oxime groups is 1. The van der Waals surface area contributed by atoms with Crippen molar-refractivity contribution in [1.82, 2.24) is 10.2 Å². The molecule has 176 valence electrons. The molecule has 2 atom stereocenters. The first-order chi connectivity index (χ1) is 16.4. The molecule has 3 amide bonds. The minimum absolute atomic E-state index is 0.116. The zero-order valence-corrected chi connectivity index (χ0v) is 18.2. The fourth-order valence-corrected chi connectivity index (χ4v) is 4.68. The molecule has 13 heteroatoms. The normalized spacial score (nSPS) is 19.7. The van der Waals surface area contributed by atoms with E-state index in [9.17, 15) is 24.3 Å². The number of thioether (sulfide) groups is 1. The Labute approximate surface area is 196 Å². The molecule has 0 unspecified atom stereocenters. The van der Waals surface area contributed by atoms with Crippen LogP contribution in [0.2, 0.25) is 0 Å². The van der Waals surface area contributed by atoms with Gasteiger partial charge in [-0.1, -0.05) is 23.4 Å².